The number of amidine groups is 1. The summed E-state index contributed by atoms with van der Waals surface area (Å²) >= 11 is 0. The van der Waals surface area contributed by atoms with E-state index in [0.29, 0.717) is 0 Å². The predicted molar refractivity (Wildman–Crippen MR) is 64.8 cm³/mol. The molecule has 1 amide bonds. The minimum atomic E-state index is -0.545. The summed E-state index contributed by atoms with van der Waals surface area (Å²) in [5.74, 6) is -1.14. The maximum atomic E-state index is 11.9. The zero-order valence-electron chi connectivity index (χ0n) is 9.87. The minimum Gasteiger partial charge on any atom is -0.507 e. The first-order valence-electron chi connectivity index (χ1n) is 5.20. The van der Waals surface area contributed by atoms with Crippen LogP contribution in [0.3, 0.4) is 0 Å². The molecule has 0 bridgehead atoms. The number of phenolic OH excluding ortho intramolecular Hbond substituents is 2. The lowest BCUT2D eigenvalue weighted by atomic mass is 10.1. The number of benzene rings is 1. The molecule has 0 heterocycles. The molecule has 0 aromatic heterocycles. The fourth-order valence-corrected chi connectivity index (χ4v) is 1.37. The Morgan fingerprint density at radius 2 is 1.94 bits per heavy atom. The molecule has 0 atom stereocenters. The highest BCUT2D eigenvalue weighted by molar-refractivity contribution is 5.99. The van der Waals surface area contributed by atoms with Crippen molar-refractivity contribution in [3.63, 3.8) is 0 Å². The second-order valence-corrected chi connectivity index (χ2v) is 3.74. The van der Waals surface area contributed by atoms with Crippen LogP contribution in [0.2, 0.25) is 0 Å². The molecule has 0 unspecified atom stereocenters. The Balaban J connectivity index is 2.81. The van der Waals surface area contributed by atoms with Crippen LogP contribution in [-0.4, -0.2) is 45.7 Å². The molecule has 7 heteroatoms. The number of rotatable bonds is 4. The molecule has 1 aromatic carbocycles. The van der Waals surface area contributed by atoms with E-state index in [4.69, 9.17) is 10.9 Å². The first kappa shape index (κ1) is 13.6. The Kier molecular flexibility index (Phi) is 4.36. The van der Waals surface area contributed by atoms with E-state index in [9.17, 15) is 15.0 Å². The standard InChI is InChI=1S/C11H15N3O4/c1-14(6-5-9(12)13-18)11(17)10-7(15)3-2-4-8(10)16/h2-4,15-16,18H,5-6H2,1H3,(H2,12,13). The van der Waals surface area contributed by atoms with Gasteiger partial charge in [0.25, 0.3) is 5.91 Å². The lowest BCUT2D eigenvalue weighted by molar-refractivity contribution is 0.0792. The molecule has 0 fully saturated rings. The lowest BCUT2D eigenvalue weighted by Crippen LogP contribution is -2.30. The summed E-state index contributed by atoms with van der Waals surface area (Å²) in [6, 6.07) is 4.05. The summed E-state index contributed by atoms with van der Waals surface area (Å²) in [7, 11) is 1.48. The van der Waals surface area contributed by atoms with E-state index in [1.54, 1.807) is 0 Å². The number of carbonyl (C=O) groups excluding carboxylic acids is 1. The molecular weight excluding hydrogens is 238 g/mol. The average Bonchev–Trinajstić information content (AvgIpc) is 2.34. The number of nitrogens with two attached hydrogens (primary N) is 1. The molecule has 5 N–H and O–H groups in total. The smallest absolute Gasteiger partial charge is 0.261 e. The topological polar surface area (TPSA) is 119 Å². The van der Waals surface area contributed by atoms with Gasteiger partial charge in [-0.2, -0.15) is 0 Å². The van der Waals surface area contributed by atoms with Crippen molar-refractivity contribution in [2.75, 3.05) is 13.6 Å². The normalized spacial score (nSPS) is 11.3. The third kappa shape index (κ3) is 3.03. The zero-order chi connectivity index (χ0) is 13.7. The third-order valence-corrected chi connectivity index (χ3v) is 2.41. The Morgan fingerprint density at radius 3 is 2.44 bits per heavy atom. The maximum absolute atomic E-state index is 11.9. The molecule has 0 saturated carbocycles. The summed E-state index contributed by atoms with van der Waals surface area (Å²) in [4.78, 5) is 13.2. The molecule has 1 rings (SSSR count). The van der Waals surface area contributed by atoms with Gasteiger partial charge in [0, 0.05) is 20.0 Å². The zero-order valence-corrected chi connectivity index (χ0v) is 9.87. The number of aromatic hydroxyl groups is 2. The fraction of sp³-hybridized carbons (Fsp3) is 0.273. The molecule has 7 nitrogen and oxygen atoms in total. The van der Waals surface area contributed by atoms with Gasteiger partial charge in [-0.05, 0) is 12.1 Å². The predicted octanol–water partition coefficient (Wildman–Crippen LogP) is 0.306. The molecule has 0 aliphatic heterocycles. The van der Waals surface area contributed by atoms with Crippen LogP contribution in [0.15, 0.2) is 23.4 Å². The van der Waals surface area contributed by atoms with Crippen LogP contribution in [-0.2, 0) is 0 Å². The molecule has 0 aliphatic rings. The van der Waals surface area contributed by atoms with E-state index in [1.165, 1.54) is 30.1 Å². The SMILES string of the molecule is CN(CC/C(N)=N/O)C(=O)c1c(O)cccc1O. The molecule has 1 aromatic rings. The van der Waals surface area contributed by atoms with Gasteiger partial charge in [-0.1, -0.05) is 11.2 Å². The van der Waals surface area contributed by atoms with Gasteiger partial charge in [-0.3, -0.25) is 4.79 Å². The molecule has 18 heavy (non-hydrogen) atoms. The van der Waals surface area contributed by atoms with Crippen molar-refractivity contribution in [3.05, 3.63) is 23.8 Å². The highest BCUT2D eigenvalue weighted by Gasteiger charge is 2.19. The Hall–Kier alpha value is -2.44. The van der Waals surface area contributed by atoms with Gasteiger partial charge in [0.2, 0.25) is 0 Å². The number of phenols is 2. The molecule has 0 aliphatic carbocycles. The van der Waals surface area contributed by atoms with Crippen molar-refractivity contribution in [1.29, 1.82) is 0 Å². The largest absolute Gasteiger partial charge is 0.507 e. The van der Waals surface area contributed by atoms with E-state index < -0.39 is 5.91 Å². The minimum absolute atomic E-state index is 0.00356. The maximum Gasteiger partial charge on any atom is 0.261 e. The number of hydrogen-bond donors (Lipinski definition) is 4. The number of oxime groups is 1. The molecule has 0 saturated heterocycles. The van der Waals surface area contributed by atoms with Gasteiger partial charge in [0.1, 0.15) is 22.9 Å². The van der Waals surface area contributed by atoms with E-state index in [0.717, 1.165) is 0 Å². The second-order valence-electron chi connectivity index (χ2n) is 3.74. The van der Waals surface area contributed by atoms with Crippen molar-refractivity contribution >= 4 is 11.7 Å². The molecule has 0 radical (unpaired) electrons. The summed E-state index contributed by atoms with van der Waals surface area (Å²) in [6.45, 7) is 0.197. The highest BCUT2D eigenvalue weighted by Crippen LogP contribution is 2.27. The van der Waals surface area contributed by atoms with Crippen molar-refractivity contribution < 1.29 is 20.2 Å². The molecular formula is C11H15N3O4. The monoisotopic (exact) mass is 253 g/mol. The van der Waals surface area contributed by atoms with Gasteiger partial charge in [0.05, 0.1) is 0 Å². The van der Waals surface area contributed by atoms with E-state index >= 15 is 0 Å². The fourth-order valence-electron chi connectivity index (χ4n) is 1.37. The Labute approximate surface area is 104 Å². The summed E-state index contributed by atoms with van der Waals surface area (Å²) in [5.41, 5.74) is 5.12. The van der Waals surface area contributed by atoms with Crippen LogP contribution in [0, 0.1) is 0 Å². The van der Waals surface area contributed by atoms with Gasteiger partial charge < -0.3 is 26.1 Å². The number of carbonyl (C=O) groups is 1. The first-order chi connectivity index (χ1) is 8.47. The van der Waals surface area contributed by atoms with Crippen LogP contribution in [0.4, 0.5) is 0 Å². The highest BCUT2D eigenvalue weighted by atomic mass is 16.4. The van der Waals surface area contributed by atoms with Gasteiger partial charge in [-0.15, -0.1) is 0 Å². The van der Waals surface area contributed by atoms with Crippen LogP contribution in [0.5, 0.6) is 11.5 Å². The summed E-state index contributed by atoms with van der Waals surface area (Å²) in [6.07, 6.45) is 0.188. The third-order valence-electron chi connectivity index (χ3n) is 2.41. The van der Waals surface area contributed by atoms with Crippen molar-refractivity contribution in [2.24, 2.45) is 10.9 Å². The average molecular weight is 253 g/mol. The number of nitrogens with zero attached hydrogens (tertiary/aromatic N) is 2. The van der Waals surface area contributed by atoms with Crippen LogP contribution in [0.1, 0.15) is 16.8 Å². The van der Waals surface area contributed by atoms with Crippen molar-refractivity contribution in [2.45, 2.75) is 6.42 Å². The quantitative estimate of drug-likeness (QED) is 0.266. The molecule has 98 valence electrons. The first-order valence-corrected chi connectivity index (χ1v) is 5.20. The summed E-state index contributed by atoms with van der Waals surface area (Å²) < 4.78 is 0. The summed E-state index contributed by atoms with van der Waals surface area (Å²) in [5, 5.41) is 30.2. The number of hydrogen-bond acceptors (Lipinski definition) is 5. The second kappa shape index (κ2) is 5.76. The van der Waals surface area contributed by atoms with Gasteiger partial charge in [-0.25, -0.2) is 0 Å². The lowest BCUT2D eigenvalue weighted by Gasteiger charge is -2.17. The Morgan fingerprint density at radius 1 is 1.39 bits per heavy atom. The van der Waals surface area contributed by atoms with Crippen LogP contribution < -0.4 is 5.73 Å². The Bertz CT molecular complexity index is 453. The van der Waals surface area contributed by atoms with Gasteiger partial charge in [0.15, 0.2) is 0 Å². The van der Waals surface area contributed by atoms with Gasteiger partial charge >= 0.3 is 0 Å². The van der Waals surface area contributed by atoms with E-state index in [2.05, 4.69) is 5.16 Å². The number of amides is 1. The van der Waals surface area contributed by atoms with Crippen molar-refractivity contribution in [1.82, 2.24) is 4.90 Å². The van der Waals surface area contributed by atoms with Crippen LogP contribution >= 0.6 is 0 Å². The van der Waals surface area contributed by atoms with Crippen molar-refractivity contribution in [3.8, 4) is 11.5 Å². The van der Waals surface area contributed by atoms with Crippen LogP contribution in [0.25, 0.3) is 0 Å². The molecule has 0 spiro atoms. The van der Waals surface area contributed by atoms with E-state index in [1.807, 2.05) is 0 Å². The van der Waals surface area contributed by atoms with E-state index in [-0.39, 0.29) is 35.9 Å².